The van der Waals surface area contributed by atoms with Gasteiger partial charge in [0, 0.05) is 25.4 Å². The first-order valence-electron chi connectivity index (χ1n) is 5.26. The Morgan fingerprint density at radius 1 is 1.53 bits per heavy atom. The van der Waals surface area contributed by atoms with Crippen LogP contribution >= 0.6 is 0 Å². The summed E-state index contributed by atoms with van der Waals surface area (Å²) in [4.78, 5) is 23.6. The van der Waals surface area contributed by atoms with E-state index in [4.69, 9.17) is 5.11 Å². The zero-order valence-electron chi connectivity index (χ0n) is 8.82. The average molecular weight is 211 g/mol. The second-order valence-electron chi connectivity index (χ2n) is 3.86. The molecule has 1 N–H and O–H groups in total. The van der Waals surface area contributed by atoms with Gasteiger partial charge in [-0.2, -0.15) is 0 Å². The summed E-state index contributed by atoms with van der Waals surface area (Å²) in [5.41, 5.74) is 0. The van der Waals surface area contributed by atoms with E-state index in [0.29, 0.717) is 25.9 Å². The molecule has 1 rings (SSSR count). The molecule has 1 aliphatic heterocycles. The number of rotatable bonds is 5. The highest BCUT2D eigenvalue weighted by atomic mass is 16.4. The third-order valence-corrected chi connectivity index (χ3v) is 2.75. The van der Waals surface area contributed by atoms with Crippen LogP contribution in [0.2, 0.25) is 0 Å². The Bertz CT molecular complexity index is 263. The number of hydrogen-bond donors (Lipinski definition) is 1. The lowest BCUT2D eigenvalue weighted by atomic mass is 9.99. The van der Waals surface area contributed by atoms with Crippen molar-refractivity contribution < 1.29 is 14.7 Å². The smallest absolute Gasteiger partial charge is 0.407 e. The summed E-state index contributed by atoms with van der Waals surface area (Å²) >= 11 is 0. The van der Waals surface area contributed by atoms with Gasteiger partial charge in [-0.3, -0.25) is 4.79 Å². The van der Waals surface area contributed by atoms with Crippen molar-refractivity contribution in [2.24, 2.45) is 5.92 Å². The van der Waals surface area contributed by atoms with Gasteiger partial charge in [0.1, 0.15) is 5.78 Å². The highest BCUT2D eigenvalue weighted by Crippen LogP contribution is 2.19. The fraction of sp³-hybridized carbons (Fsp3) is 0.636. The third kappa shape index (κ3) is 3.38. The second-order valence-corrected chi connectivity index (χ2v) is 3.86. The minimum Gasteiger partial charge on any atom is -0.465 e. The summed E-state index contributed by atoms with van der Waals surface area (Å²) in [6.07, 6.45) is 3.78. The summed E-state index contributed by atoms with van der Waals surface area (Å²) < 4.78 is 0. The number of allylic oxidation sites excluding steroid dienone is 1. The average Bonchev–Trinajstić information content (AvgIpc) is 2.66. The predicted octanol–water partition coefficient (Wildman–Crippen LogP) is 1.91. The summed E-state index contributed by atoms with van der Waals surface area (Å²) in [6.45, 7) is 4.46. The molecule has 4 heteroatoms. The molecule has 84 valence electrons. The van der Waals surface area contributed by atoms with E-state index in [1.165, 1.54) is 4.90 Å². The maximum absolute atomic E-state index is 11.6. The molecule has 0 saturated carbocycles. The van der Waals surface area contributed by atoms with E-state index in [1.807, 2.05) is 0 Å². The van der Waals surface area contributed by atoms with E-state index in [0.717, 1.165) is 12.8 Å². The normalized spacial score (nSPS) is 20.3. The number of Topliss-reactive ketones (excluding diaryl/α,β-unsaturated/α-hetero) is 1. The minimum atomic E-state index is -0.920. The summed E-state index contributed by atoms with van der Waals surface area (Å²) in [6, 6.07) is 0. The van der Waals surface area contributed by atoms with Crippen LogP contribution in [0, 0.1) is 5.92 Å². The largest absolute Gasteiger partial charge is 0.465 e. The van der Waals surface area contributed by atoms with Gasteiger partial charge in [0.2, 0.25) is 0 Å². The topological polar surface area (TPSA) is 57.6 Å². The number of carbonyl (C=O) groups excluding carboxylic acids is 1. The Balaban J connectivity index is 2.30. The quantitative estimate of drug-likeness (QED) is 0.558. The zero-order chi connectivity index (χ0) is 11.3. The Kier molecular flexibility index (Phi) is 4.34. The number of carboxylic acid groups (broad SMARTS) is 1. The molecule has 1 heterocycles. The summed E-state index contributed by atoms with van der Waals surface area (Å²) in [5.74, 6) is 0.117. The zero-order valence-corrected chi connectivity index (χ0v) is 8.82. The van der Waals surface area contributed by atoms with Gasteiger partial charge in [0.15, 0.2) is 0 Å². The number of unbranched alkanes of at least 4 members (excludes halogenated alkanes) is 1. The third-order valence-electron chi connectivity index (χ3n) is 2.75. The fourth-order valence-electron chi connectivity index (χ4n) is 1.82. The lowest BCUT2D eigenvalue weighted by Crippen LogP contribution is -2.28. The number of hydrogen-bond acceptors (Lipinski definition) is 2. The number of nitrogens with zero attached hydrogens (tertiary/aromatic N) is 1. The van der Waals surface area contributed by atoms with Crippen LogP contribution in [0.5, 0.6) is 0 Å². The van der Waals surface area contributed by atoms with E-state index in [2.05, 4.69) is 6.58 Å². The first-order valence-corrected chi connectivity index (χ1v) is 5.26. The van der Waals surface area contributed by atoms with Crippen molar-refractivity contribution in [1.82, 2.24) is 4.90 Å². The van der Waals surface area contributed by atoms with Crippen LogP contribution < -0.4 is 0 Å². The van der Waals surface area contributed by atoms with Crippen molar-refractivity contribution in [2.45, 2.75) is 25.7 Å². The van der Waals surface area contributed by atoms with Gasteiger partial charge in [-0.15, -0.1) is 6.58 Å². The molecule has 1 fully saturated rings. The lowest BCUT2D eigenvalue weighted by molar-refractivity contribution is -0.122. The molecule has 0 spiro atoms. The van der Waals surface area contributed by atoms with E-state index >= 15 is 0 Å². The molecule has 1 atom stereocenters. The van der Waals surface area contributed by atoms with E-state index in [-0.39, 0.29) is 11.7 Å². The molecule has 15 heavy (non-hydrogen) atoms. The van der Waals surface area contributed by atoms with Crippen LogP contribution in [0.1, 0.15) is 25.7 Å². The number of ketones is 1. The summed E-state index contributed by atoms with van der Waals surface area (Å²) in [7, 11) is 0. The van der Waals surface area contributed by atoms with Crippen molar-refractivity contribution in [3.8, 4) is 0 Å². The highest BCUT2D eigenvalue weighted by molar-refractivity contribution is 5.82. The molecular formula is C11H17NO3. The van der Waals surface area contributed by atoms with Gasteiger partial charge in [-0.1, -0.05) is 6.08 Å². The van der Waals surface area contributed by atoms with Crippen LogP contribution in [0.3, 0.4) is 0 Å². The number of amides is 1. The predicted molar refractivity (Wildman–Crippen MR) is 56.8 cm³/mol. The van der Waals surface area contributed by atoms with Crippen LogP contribution in [0.4, 0.5) is 4.79 Å². The minimum absolute atomic E-state index is 0.0779. The standard InChI is InChI=1S/C11H17NO3/c1-2-3-4-5-10(13)9-6-7-12(8-9)11(14)15/h2,9H,1,3-8H2,(H,14,15)/t9-/m1/s1. The van der Waals surface area contributed by atoms with Crippen molar-refractivity contribution >= 4 is 11.9 Å². The molecule has 0 aliphatic carbocycles. The Morgan fingerprint density at radius 2 is 2.27 bits per heavy atom. The number of likely N-dealkylation sites (tertiary alicyclic amines) is 1. The first kappa shape index (κ1) is 11.8. The molecule has 0 bridgehead atoms. The van der Waals surface area contributed by atoms with Gasteiger partial charge in [0.05, 0.1) is 0 Å². The van der Waals surface area contributed by atoms with Crippen molar-refractivity contribution in [1.29, 1.82) is 0 Å². The van der Waals surface area contributed by atoms with E-state index < -0.39 is 6.09 Å². The molecule has 4 nitrogen and oxygen atoms in total. The monoisotopic (exact) mass is 211 g/mol. The van der Waals surface area contributed by atoms with Gasteiger partial charge < -0.3 is 10.0 Å². The molecule has 0 aromatic rings. The molecular weight excluding hydrogens is 194 g/mol. The van der Waals surface area contributed by atoms with Gasteiger partial charge in [0.25, 0.3) is 0 Å². The molecule has 0 aromatic heterocycles. The first-order chi connectivity index (χ1) is 7.15. The maximum atomic E-state index is 11.6. The molecule has 0 radical (unpaired) electrons. The fourth-order valence-corrected chi connectivity index (χ4v) is 1.82. The lowest BCUT2D eigenvalue weighted by Gasteiger charge is -2.11. The van der Waals surface area contributed by atoms with Gasteiger partial charge in [-0.25, -0.2) is 4.79 Å². The summed E-state index contributed by atoms with van der Waals surface area (Å²) in [5, 5.41) is 8.73. The van der Waals surface area contributed by atoms with E-state index in [1.54, 1.807) is 6.08 Å². The van der Waals surface area contributed by atoms with Crippen LogP contribution in [0.15, 0.2) is 12.7 Å². The SMILES string of the molecule is C=CCCCC(=O)[C@@H]1CCN(C(=O)O)C1. The van der Waals surface area contributed by atoms with Crippen molar-refractivity contribution in [2.75, 3.05) is 13.1 Å². The number of carbonyl (C=O) groups is 2. The Hall–Kier alpha value is -1.32. The maximum Gasteiger partial charge on any atom is 0.407 e. The van der Waals surface area contributed by atoms with Gasteiger partial charge >= 0.3 is 6.09 Å². The Labute approximate surface area is 89.6 Å². The van der Waals surface area contributed by atoms with Crippen LogP contribution in [-0.2, 0) is 4.79 Å². The van der Waals surface area contributed by atoms with E-state index in [9.17, 15) is 9.59 Å². The van der Waals surface area contributed by atoms with Gasteiger partial charge in [-0.05, 0) is 19.3 Å². The molecule has 1 saturated heterocycles. The molecule has 1 aliphatic rings. The molecule has 0 unspecified atom stereocenters. The second kappa shape index (κ2) is 5.53. The van der Waals surface area contributed by atoms with Crippen molar-refractivity contribution in [3.05, 3.63) is 12.7 Å². The van der Waals surface area contributed by atoms with Crippen LogP contribution in [-0.4, -0.2) is 35.0 Å². The molecule has 1 amide bonds. The highest BCUT2D eigenvalue weighted by Gasteiger charge is 2.29. The van der Waals surface area contributed by atoms with Crippen LogP contribution in [0.25, 0.3) is 0 Å². The van der Waals surface area contributed by atoms with Crippen molar-refractivity contribution in [3.63, 3.8) is 0 Å². The Morgan fingerprint density at radius 3 is 2.80 bits per heavy atom. The molecule has 0 aromatic carbocycles.